The number of fused-ring (bicyclic) bond motifs is 2. The third-order valence-corrected chi connectivity index (χ3v) is 4.75. The molecule has 0 fully saturated rings. The topological polar surface area (TPSA) is 71.9 Å². The van der Waals surface area contributed by atoms with Gasteiger partial charge in [0, 0.05) is 30.1 Å². The number of rotatable bonds is 6. The normalized spacial score (nSPS) is 12.4. The summed E-state index contributed by atoms with van der Waals surface area (Å²) < 4.78 is 7.34. The second-order valence-electron chi connectivity index (χ2n) is 6.61. The number of benzene rings is 2. The van der Waals surface area contributed by atoms with Gasteiger partial charge in [-0.2, -0.15) is 0 Å². The molecule has 0 saturated heterocycles. The van der Waals surface area contributed by atoms with Crippen LogP contribution in [0, 0.1) is 0 Å². The molecule has 6 heteroatoms. The molecular formula is C21H22N4O2. The van der Waals surface area contributed by atoms with Crippen LogP contribution in [0.2, 0.25) is 0 Å². The Labute approximate surface area is 157 Å². The molecule has 27 heavy (non-hydrogen) atoms. The smallest absolute Gasteiger partial charge is 0.222 e. The van der Waals surface area contributed by atoms with Gasteiger partial charge in [0.15, 0.2) is 0 Å². The highest BCUT2D eigenvalue weighted by atomic mass is 16.5. The number of hydrogen-bond acceptors (Lipinski definition) is 3. The van der Waals surface area contributed by atoms with Crippen molar-refractivity contribution in [3.63, 3.8) is 0 Å². The maximum atomic E-state index is 12.4. The number of hydrogen-bond donors (Lipinski definition) is 2. The van der Waals surface area contributed by atoms with Crippen molar-refractivity contribution < 1.29 is 9.53 Å². The van der Waals surface area contributed by atoms with Crippen molar-refractivity contribution in [1.82, 2.24) is 19.9 Å². The summed E-state index contributed by atoms with van der Waals surface area (Å²) in [5.74, 6) is 1.60. The largest absolute Gasteiger partial charge is 0.497 e. The van der Waals surface area contributed by atoms with Crippen LogP contribution < -0.4 is 10.1 Å². The van der Waals surface area contributed by atoms with Crippen LogP contribution in [-0.4, -0.2) is 27.6 Å². The van der Waals surface area contributed by atoms with Crippen molar-refractivity contribution in [1.29, 1.82) is 0 Å². The fraction of sp³-hybridized carbons (Fsp3) is 0.238. The zero-order valence-electron chi connectivity index (χ0n) is 15.4. The van der Waals surface area contributed by atoms with Gasteiger partial charge in [-0.15, -0.1) is 0 Å². The third kappa shape index (κ3) is 3.51. The number of imidazole rings is 1. The van der Waals surface area contributed by atoms with Crippen LogP contribution in [0.1, 0.15) is 25.2 Å². The standard InChI is InChI=1S/C21H22N4O2/c1-14(21-23-17-5-3-4-6-18(17)24-21)22-20(26)10-12-25-11-9-15-13-16(27-2)7-8-19(15)25/h3-9,11,13-14H,10,12H2,1-2H3,(H,22,26)(H,23,24)/t14-/m0/s1. The molecule has 0 saturated carbocycles. The van der Waals surface area contributed by atoms with Gasteiger partial charge in [-0.3, -0.25) is 4.79 Å². The van der Waals surface area contributed by atoms with E-state index in [-0.39, 0.29) is 11.9 Å². The summed E-state index contributed by atoms with van der Waals surface area (Å²) in [6.45, 7) is 2.56. The summed E-state index contributed by atoms with van der Waals surface area (Å²) in [6, 6.07) is 15.7. The Morgan fingerprint density at radius 2 is 2.11 bits per heavy atom. The minimum absolute atomic E-state index is 0.00156. The van der Waals surface area contributed by atoms with Gasteiger partial charge >= 0.3 is 0 Å². The molecule has 6 nitrogen and oxygen atoms in total. The summed E-state index contributed by atoms with van der Waals surface area (Å²) >= 11 is 0. The molecule has 0 radical (unpaired) electrons. The van der Waals surface area contributed by atoms with Crippen molar-refractivity contribution in [2.75, 3.05) is 7.11 Å². The zero-order valence-corrected chi connectivity index (χ0v) is 15.4. The van der Waals surface area contributed by atoms with Crippen molar-refractivity contribution in [2.24, 2.45) is 0 Å². The number of ether oxygens (including phenoxy) is 1. The lowest BCUT2D eigenvalue weighted by molar-refractivity contribution is -0.122. The van der Waals surface area contributed by atoms with Crippen LogP contribution in [0.5, 0.6) is 5.75 Å². The van der Waals surface area contributed by atoms with Crippen molar-refractivity contribution >= 4 is 27.8 Å². The molecule has 2 aromatic heterocycles. The summed E-state index contributed by atoms with van der Waals surface area (Å²) in [5, 5.41) is 4.12. The van der Waals surface area contributed by atoms with Crippen molar-refractivity contribution in [2.45, 2.75) is 25.9 Å². The SMILES string of the molecule is COc1ccc2c(ccn2CCC(=O)N[C@@H](C)c2nc3ccccc3[nH]2)c1. The Kier molecular flexibility index (Phi) is 4.54. The molecule has 1 amide bonds. The van der Waals surface area contributed by atoms with E-state index < -0.39 is 0 Å². The number of aryl methyl sites for hydroxylation is 1. The zero-order chi connectivity index (χ0) is 18.8. The first-order valence-corrected chi connectivity index (χ1v) is 9.01. The maximum absolute atomic E-state index is 12.4. The van der Waals surface area contributed by atoms with Crippen LogP contribution in [0.4, 0.5) is 0 Å². The molecular weight excluding hydrogens is 340 g/mol. The second kappa shape index (κ2) is 7.15. The molecule has 4 rings (SSSR count). The molecule has 4 aromatic rings. The molecule has 138 valence electrons. The number of nitrogens with one attached hydrogen (secondary N) is 2. The van der Waals surface area contributed by atoms with Gasteiger partial charge in [0.05, 0.1) is 24.2 Å². The fourth-order valence-electron chi connectivity index (χ4n) is 3.28. The monoisotopic (exact) mass is 362 g/mol. The average molecular weight is 362 g/mol. The molecule has 2 heterocycles. The number of H-pyrrole nitrogens is 1. The van der Waals surface area contributed by atoms with Gasteiger partial charge in [-0.1, -0.05) is 12.1 Å². The lowest BCUT2D eigenvalue weighted by Crippen LogP contribution is -2.28. The average Bonchev–Trinajstić information content (AvgIpc) is 3.29. The minimum Gasteiger partial charge on any atom is -0.497 e. The number of para-hydroxylation sites is 2. The van der Waals surface area contributed by atoms with Crippen LogP contribution in [0.3, 0.4) is 0 Å². The van der Waals surface area contributed by atoms with Crippen LogP contribution in [-0.2, 0) is 11.3 Å². The van der Waals surface area contributed by atoms with Crippen molar-refractivity contribution in [3.8, 4) is 5.75 Å². The van der Waals surface area contributed by atoms with E-state index in [9.17, 15) is 4.79 Å². The van der Waals surface area contributed by atoms with Crippen LogP contribution >= 0.6 is 0 Å². The van der Waals surface area contributed by atoms with E-state index in [0.717, 1.165) is 33.5 Å². The van der Waals surface area contributed by atoms with Crippen molar-refractivity contribution in [3.05, 3.63) is 60.6 Å². The molecule has 0 aliphatic carbocycles. The van der Waals surface area contributed by atoms with E-state index in [0.29, 0.717) is 13.0 Å². The predicted molar refractivity (Wildman–Crippen MR) is 106 cm³/mol. The molecule has 2 aromatic carbocycles. The first-order valence-electron chi connectivity index (χ1n) is 9.01. The summed E-state index contributed by atoms with van der Waals surface area (Å²) in [6.07, 6.45) is 2.40. The maximum Gasteiger partial charge on any atom is 0.222 e. The number of carbonyl (C=O) groups excluding carboxylic acids is 1. The number of carbonyl (C=O) groups is 1. The molecule has 2 N–H and O–H groups in total. The van der Waals surface area contributed by atoms with Gasteiger partial charge in [0.25, 0.3) is 0 Å². The van der Waals surface area contributed by atoms with E-state index in [1.165, 1.54) is 0 Å². The highest BCUT2D eigenvalue weighted by Crippen LogP contribution is 2.22. The fourth-order valence-corrected chi connectivity index (χ4v) is 3.28. The number of amides is 1. The van der Waals surface area contributed by atoms with Crippen LogP contribution in [0.25, 0.3) is 21.9 Å². The first-order chi connectivity index (χ1) is 13.1. The van der Waals surface area contributed by atoms with E-state index in [2.05, 4.69) is 19.9 Å². The number of methoxy groups -OCH3 is 1. The van der Waals surface area contributed by atoms with E-state index in [1.54, 1.807) is 7.11 Å². The number of aromatic amines is 1. The van der Waals surface area contributed by atoms with E-state index >= 15 is 0 Å². The minimum atomic E-state index is -0.171. The molecule has 0 aliphatic heterocycles. The Balaban J connectivity index is 1.39. The third-order valence-electron chi connectivity index (χ3n) is 4.75. The van der Waals surface area contributed by atoms with E-state index in [1.807, 2.05) is 61.7 Å². The quantitative estimate of drug-likeness (QED) is 0.548. The molecule has 0 bridgehead atoms. The van der Waals surface area contributed by atoms with Crippen LogP contribution in [0.15, 0.2) is 54.7 Å². The van der Waals surface area contributed by atoms with Gasteiger partial charge in [-0.05, 0) is 43.3 Å². The second-order valence-corrected chi connectivity index (χ2v) is 6.61. The summed E-state index contributed by atoms with van der Waals surface area (Å²) in [4.78, 5) is 20.2. The molecule has 0 spiro atoms. The summed E-state index contributed by atoms with van der Waals surface area (Å²) in [7, 11) is 1.66. The number of aromatic nitrogens is 3. The number of nitrogens with zero attached hydrogens (tertiary/aromatic N) is 2. The van der Waals surface area contributed by atoms with Gasteiger partial charge in [0.2, 0.25) is 5.91 Å². The highest BCUT2D eigenvalue weighted by Gasteiger charge is 2.14. The molecule has 0 unspecified atom stereocenters. The van der Waals surface area contributed by atoms with Gasteiger partial charge < -0.3 is 19.6 Å². The lowest BCUT2D eigenvalue weighted by atomic mass is 10.2. The Hall–Kier alpha value is -3.28. The Morgan fingerprint density at radius 3 is 2.93 bits per heavy atom. The molecule has 0 aliphatic rings. The van der Waals surface area contributed by atoms with Gasteiger partial charge in [-0.25, -0.2) is 4.98 Å². The Bertz CT molecular complexity index is 1060. The van der Waals surface area contributed by atoms with E-state index in [4.69, 9.17) is 4.74 Å². The molecule has 1 atom stereocenters. The predicted octanol–water partition coefficient (Wildman–Crippen LogP) is 3.79. The van der Waals surface area contributed by atoms with Gasteiger partial charge in [0.1, 0.15) is 11.6 Å². The summed E-state index contributed by atoms with van der Waals surface area (Å²) in [5.41, 5.74) is 2.97. The highest BCUT2D eigenvalue weighted by molar-refractivity contribution is 5.82. The lowest BCUT2D eigenvalue weighted by Gasteiger charge is -2.12. The Morgan fingerprint density at radius 1 is 1.26 bits per heavy atom. The first kappa shape index (κ1) is 17.1.